The highest BCUT2D eigenvalue weighted by Gasteiger charge is 2.17. The first-order valence-electron chi connectivity index (χ1n) is 10.6. The molecule has 3 aromatic rings. The average Bonchev–Trinajstić information content (AvgIpc) is 3.51. The SMILES string of the molecule is CCN1CCN(c2ccc(CNC(=O)Cc3csc(NC(=O)c4ccco4)n3)cn2)CC1. The molecule has 9 nitrogen and oxygen atoms in total. The van der Waals surface area contributed by atoms with Gasteiger partial charge in [0.05, 0.1) is 18.4 Å². The third-order valence-electron chi connectivity index (χ3n) is 5.30. The lowest BCUT2D eigenvalue weighted by atomic mass is 10.2. The number of aromatic nitrogens is 2. The maximum atomic E-state index is 12.3. The number of rotatable bonds is 8. The molecule has 4 heterocycles. The van der Waals surface area contributed by atoms with E-state index in [0.717, 1.165) is 44.1 Å². The van der Waals surface area contributed by atoms with Crippen LogP contribution in [0.2, 0.25) is 0 Å². The molecule has 2 amide bonds. The van der Waals surface area contributed by atoms with E-state index in [4.69, 9.17) is 4.42 Å². The number of carbonyl (C=O) groups excluding carboxylic acids is 2. The molecule has 0 spiro atoms. The molecule has 0 aliphatic carbocycles. The van der Waals surface area contributed by atoms with Gasteiger partial charge in [0.1, 0.15) is 5.82 Å². The monoisotopic (exact) mass is 454 g/mol. The van der Waals surface area contributed by atoms with E-state index in [9.17, 15) is 9.59 Å². The molecule has 0 unspecified atom stereocenters. The van der Waals surface area contributed by atoms with Crippen molar-refractivity contribution in [3.63, 3.8) is 0 Å². The van der Waals surface area contributed by atoms with Crippen LogP contribution in [0.5, 0.6) is 0 Å². The number of hydrogen-bond donors (Lipinski definition) is 2. The first kappa shape index (κ1) is 22.0. The van der Waals surface area contributed by atoms with Crippen molar-refractivity contribution in [2.45, 2.75) is 19.9 Å². The van der Waals surface area contributed by atoms with Gasteiger partial charge in [-0.1, -0.05) is 13.0 Å². The van der Waals surface area contributed by atoms with Crippen LogP contribution in [0, 0.1) is 0 Å². The number of nitrogens with one attached hydrogen (secondary N) is 2. The molecule has 1 aliphatic heterocycles. The Kier molecular flexibility index (Phi) is 7.13. The summed E-state index contributed by atoms with van der Waals surface area (Å²) in [4.78, 5) is 37.9. The second-order valence-electron chi connectivity index (χ2n) is 7.47. The zero-order chi connectivity index (χ0) is 22.3. The van der Waals surface area contributed by atoms with E-state index in [0.29, 0.717) is 17.4 Å². The van der Waals surface area contributed by atoms with E-state index in [1.165, 1.54) is 17.6 Å². The number of hydrogen-bond acceptors (Lipinski definition) is 8. The molecular weight excluding hydrogens is 428 g/mol. The average molecular weight is 455 g/mol. The van der Waals surface area contributed by atoms with Crippen LogP contribution in [-0.2, 0) is 17.8 Å². The van der Waals surface area contributed by atoms with Crippen LogP contribution in [0.3, 0.4) is 0 Å². The summed E-state index contributed by atoms with van der Waals surface area (Å²) in [5.74, 6) is 0.673. The normalized spacial score (nSPS) is 14.3. The van der Waals surface area contributed by atoms with E-state index < -0.39 is 0 Å². The second kappa shape index (κ2) is 10.4. The summed E-state index contributed by atoms with van der Waals surface area (Å²) in [5.41, 5.74) is 1.54. The van der Waals surface area contributed by atoms with Gasteiger partial charge >= 0.3 is 0 Å². The Morgan fingerprint density at radius 1 is 1.19 bits per heavy atom. The van der Waals surface area contributed by atoms with Gasteiger partial charge in [0.2, 0.25) is 5.91 Å². The summed E-state index contributed by atoms with van der Waals surface area (Å²) in [6.07, 6.45) is 3.39. The van der Waals surface area contributed by atoms with Crippen LogP contribution in [0.1, 0.15) is 28.7 Å². The van der Waals surface area contributed by atoms with Gasteiger partial charge in [-0.15, -0.1) is 11.3 Å². The Bertz CT molecular complexity index is 1030. The molecule has 0 aromatic carbocycles. The van der Waals surface area contributed by atoms with Gasteiger partial charge in [-0.25, -0.2) is 9.97 Å². The molecule has 0 bridgehead atoms. The third kappa shape index (κ3) is 5.71. The Morgan fingerprint density at radius 2 is 2.03 bits per heavy atom. The zero-order valence-electron chi connectivity index (χ0n) is 17.9. The van der Waals surface area contributed by atoms with Gasteiger partial charge in [-0.2, -0.15) is 0 Å². The molecule has 32 heavy (non-hydrogen) atoms. The summed E-state index contributed by atoms with van der Waals surface area (Å²) in [6, 6.07) is 7.23. The molecule has 1 saturated heterocycles. The van der Waals surface area contributed by atoms with Crippen LogP contribution < -0.4 is 15.5 Å². The number of amides is 2. The number of anilines is 2. The highest BCUT2D eigenvalue weighted by atomic mass is 32.1. The highest BCUT2D eigenvalue weighted by molar-refractivity contribution is 7.14. The van der Waals surface area contributed by atoms with Gasteiger partial charge < -0.3 is 19.5 Å². The Balaban J connectivity index is 1.22. The fourth-order valence-corrected chi connectivity index (χ4v) is 4.15. The van der Waals surface area contributed by atoms with Gasteiger partial charge in [0.25, 0.3) is 5.91 Å². The molecule has 0 radical (unpaired) electrons. The maximum absolute atomic E-state index is 12.3. The lowest BCUT2D eigenvalue weighted by molar-refractivity contribution is -0.120. The van der Waals surface area contributed by atoms with Gasteiger partial charge in [0.15, 0.2) is 10.9 Å². The topological polar surface area (TPSA) is 104 Å². The largest absolute Gasteiger partial charge is 0.459 e. The highest BCUT2D eigenvalue weighted by Crippen LogP contribution is 2.17. The smallest absolute Gasteiger partial charge is 0.293 e. The van der Waals surface area contributed by atoms with Crippen molar-refractivity contribution in [3.8, 4) is 0 Å². The molecule has 0 atom stereocenters. The molecule has 4 rings (SSSR count). The van der Waals surface area contributed by atoms with Crippen molar-refractivity contribution in [2.24, 2.45) is 0 Å². The molecule has 1 aliphatic rings. The van der Waals surface area contributed by atoms with Crippen LogP contribution in [-0.4, -0.2) is 59.4 Å². The van der Waals surface area contributed by atoms with Gasteiger partial charge in [0, 0.05) is 44.3 Å². The van der Waals surface area contributed by atoms with Crippen molar-refractivity contribution >= 4 is 34.1 Å². The number of piperazine rings is 1. The van der Waals surface area contributed by atoms with E-state index >= 15 is 0 Å². The number of thiazole rings is 1. The Morgan fingerprint density at radius 3 is 2.72 bits per heavy atom. The molecule has 168 valence electrons. The molecule has 2 N–H and O–H groups in total. The van der Waals surface area contributed by atoms with Gasteiger partial charge in [-0.05, 0) is 30.3 Å². The molecule has 10 heteroatoms. The number of furan rings is 1. The third-order valence-corrected chi connectivity index (χ3v) is 6.11. The lowest BCUT2D eigenvalue weighted by Gasteiger charge is -2.34. The Labute approximate surface area is 190 Å². The van der Waals surface area contributed by atoms with E-state index in [1.54, 1.807) is 17.5 Å². The summed E-state index contributed by atoms with van der Waals surface area (Å²) >= 11 is 1.27. The van der Waals surface area contributed by atoms with Crippen molar-refractivity contribution in [1.82, 2.24) is 20.2 Å². The summed E-state index contributed by atoms with van der Waals surface area (Å²) < 4.78 is 5.05. The van der Waals surface area contributed by atoms with Crippen molar-refractivity contribution < 1.29 is 14.0 Å². The zero-order valence-corrected chi connectivity index (χ0v) is 18.7. The minimum Gasteiger partial charge on any atom is -0.459 e. The van der Waals surface area contributed by atoms with Crippen LogP contribution >= 0.6 is 11.3 Å². The maximum Gasteiger partial charge on any atom is 0.293 e. The van der Waals surface area contributed by atoms with Crippen LogP contribution in [0.4, 0.5) is 10.9 Å². The minimum absolute atomic E-state index is 0.139. The molecule has 0 saturated carbocycles. The van der Waals surface area contributed by atoms with E-state index in [2.05, 4.69) is 37.3 Å². The first-order valence-corrected chi connectivity index (χ1v) is 11.5. The fourth-order valence-electron chi connectivity index (χ4n) is 3.44. The van der Waals surface area contributed by atoms with Crippen molar-refractivity contribution in [1.29, 1.82) is 0 Å². The summed E-state index contributed by atoms with van der Waals surface area (Å²) in [7, 11) is 0. The molecule has 3 aromatic heterocycles. The number of pyridine rings is 1. The molecule has 1 fully saturated rings. The second-order valence-corrected chi connectivity index (χ2v) is 8.33. The number of nitrogens with zero attached hydrogens (tertiary/aromatic N) is 4. The van der Waals surface area contributed by atoms with Crippen molar-refractivity contribution in [3.05, 3.63) is 59.1 Å². The standard InChI is InChI=1S/C22H26N6O3S/c1-2-27-7-9-28(10-8-27)19-6-5-16(13-23-19)14-24-20(29)12-17-15-32-22(25-17)26-21(30)18-4-3-11-31-18/h3-6,11,13,15H,2,7-10,12,14H2,1H3,(H,24,29)(H,25,26,30). The number of carbonyl (C=O) groups is 2. The van der Waals surface area contributed by atoms with Crippen LogP contribution in [0.25, 0.3) is 0 Å². The summed E-state index contributed by atoms with van der Waals surface area (Å²) in [6.45, 7) is 7.75. The minimum atomic E-state index is -0.372. The lowest BCUT2D eigenvalue weighted by Crippen LogP contribution is -2.46. The van der Waals surface area contributed by atoms with Crippen molar-refractivity contribution in [2.75, 3.05) is 42.9 Å². The van der Waals surface area contributed by atoms with E-state index in [1.807, 2.05) is 18.3 Å². The van der Waals surface area contributed by atoms with Gasteiger partial charge in [-0.3, -0.25) is 14.9 Å². The van der Waals surface area contributed by atoms with E-state index in [-0.39, 0.29) is 24.0 Å². The molecular formula is C22H26N6O3S. The quantitative estimate of drug-likeness (QED) is 0.539. The Hall–Kier alpha value is -3.24. The van der Waals surface area contributed by atoms with Crippen LogP contribution in [0.15, 0.2) is 46.5 Å². The predicted molar refractivity (Wildman–Crippen MR) is 123 cm³/mol. The number of likely N-dealkylation sites (N-methyl/N-ethyl adjacent to an activating group) is 1. The fraction of sp³-hybridized carbons (Fsp3) is 0.364. The first-order chi connectivity index (χ1) is 15.6. The summed E-state index contributed by atoms with van der Waals surface area (Å²) in [5, 5.41) is 7.74. The predicted octanol–water partition coefficient (Wildman–Crippen LogP) is 2.38.